The minimum atomic E-state index is 0.783. The van der Waals surface area contributed by atoms with Gasteiger partial charge in [0.2, 0.25) is 0 Å². The van der Waals surface area contributed by atoms with Crippen LogP contribution in [0.3, 0.4) is 0 Å². The van der Waals surface area contributed by atoms with Gasteiger partial charge in [-0.15, -0.1) is 0 Å². The second-order valence-corrected chi connectivity index (χ2v) is 5.62. The molecule has 0 aromatic heterocycles. The fourth-order valence-corrected chi connectivity index (χ4v) is 1.72. The SMILES string of the molecule is CC(C)C(C)Cc1ccccc1.CCCCCC. The molecule has 1 atom stereocenters. The van der Waals surface area contributed by atoms with Crippen molar-refractivity contribution in [1.82, 2.24) is 0 Å². The van der Waals surface area contributed by atoms with Crippen molar-refractivity contribution in [1.29, 1.82) is 0 Å². The molecular weight excluding hydrogens is 216 g/mol. The highest BCUT2D eigenvalue weighted by Gasteiger charge is 2.06. The van der Waals surface area contributed by atoms with Crippen LogP contribution in [0.15, 0.2) is 30.3 Å². The summed E-state index contributed by atoms with van der Waals surface area (Å²) >= 11 is 0. The molecule has 0 aliphatic heterocycles. The average molecular weight is 248 g/mol. The molecule has 1 unspecified atom stereocenters. The molecule has 0 heteroatoms. The average Bonchev–Trinajstić information content (AvgIpc) is 2.38. The standard InChI is InChI=1S/C12H18.C6H14/c1-10(2)11(3)9-12-7-5-4-6-8-12;1-3-5-6-4-2/h4-8,10-11H,9H2,1-3H3;3-6H2,1-2H3. The maximum Gasteiger partial charge on any atom is -0.0251 e. The number of hydrogen-bond donors (Lipinski definition) is 0. The second-order valence-electron chi connectivity index (χ2n) is 5.62. The van der Waals surface area contributed by atoms with Crippen LogP contribution in [-0.4, -0.2) is 0 Å². The third-order valence-electron chi connectivity index (χ3n) is 3.50. The van der Waals surface area contributed by atoms with E-state index in [2.05, 4.69) is 65.0 Å². The highest BCUT2D eigenvalue weighted by molar-refractivity contribution is 5.15. The van der Waals surface area contributed by atoms with E-state index in [1.165, 1.54) is 37.7 Å². The van der Waals surface area contributed by atoms with Gasteiger partial charge in [-0.1, -0.05) is 90.6 Å². The molecule has 1 aromatic rings. The Balaban J connectivity index is 0.000000411. The topological polar surface area (TPSA) is 0 Å². The van der Waals surface area contributed by atoms with E-state index >= 15 is 0 Å². The van der Waals surface area contributed by atoms with Crippen molar-refractivity contribution in [2.75, 3.05) is 0 Å². The van der Waals surface area contributed by atoms with Gasteiger partial charge >= 0.3 is 0 Å². The molecule has 1 aromatic carbocycles. The molecule has 0 saturated carbocycles. The van der Waals surface area contributed by atoms with Crippen molar-refractivity contribution in [3.63, 3.8) is 0 Å². The summed E-state index contributed by atoms with van der Waals surface area (Å²) in [5, 5.41) is 0. The summed E-state index contributed by atoms with van der Waals surface area (Å²) in [5.74, 6) is 1.57. The Morgan fingerprint density at radius 3 is 1.72 bits per heavy atom. The molecular formula is C18H32. The fourth-order valence-electron chi connectivity index (χ4n) is 1.72. The van der Waals surface area contributed by atoms with Gasteiger partial charge in [0, 0.05) is 0 Å². The van der Waals surface area contributed by atoms with Gasteiger partial charge in [-0.25, -0.2) is 0 Å². The summed E-state index contributed by atoms with van der Waals surface area (Å²) in [5.41, 5.74) is 1.46. The normalized spacial score (nSPS) is 11.9. The van der Waals surface area contributed by atoms with Crippen LogP contribution in [0.25, 0.3) is 0 Å². The lowest BCUT2D eigenvalue weighted by Crippen LogP contribution is -2.06. The largest absolute Gasteiger partial charge is 0.0654 e. The number of hydrogen-bond acceptors (Lipinski definition) is 0. The smallest absolute Gasteiger partial charge is 0.0251 e. The molecule has 0 aliphatic carbocycles. The van der Waals surface area contributed by atoms with E-state index in [4.69, 9.17) is 0 Å². The molecule has 0 spiro atoms. The van der Waals surface area contributed by atoms with Crippen molar-refractivity contribution >= 4 is 0 Å². The van der Waals surface area contributed by atoms with E-state index in [0.717, 1.165) is 11.8 Å². The Morgan fingerprint density at radius 2 is 1.33 bits per heavy atom. The molecule has 0 heterocycles. The molecule has 0 radical (unpaired) electrons. The van der Waals surface area contributed by atoms with E-state index < -0.39 is 0 Å². The van der Waals surface area contributed by atoms with Crippen LogP contribution in [0.5, 0.6) is 0 Å². The zero-order chi connectivity index (χ0) is 13.8. The molecule has 0 N–H and O–H groups in total. The first kappa shape index (κ1) is 17.2. The van der Waals surface area contributed by atoms with Crippen molar-refractivity contribution in [2.45, 2.75) is 66.7 Å². The third-order valence-corrected chi connectivity index (χ3v) is 3.50. The van der Waals surface area contributed by atoms with Crippen LogP contribution in [0, 0.1) is 11.8 Å². The van der Waals surface area contributed by atoms with Crippen molar-refractivity contribution in [3.05, 3.63) is 35.9 Å². The van der Waals surface area contributed by atoms with E-state index in [-0.39, 0.29) is 0 Å². The van der Waals surface area contributed by atoms with Crippen molar-refractivity contribution in [2.24, 2.45) is 11.8 Å². The maximum absolute atomic E-state index is 2.32. The van der Waals surface area contributed by atoms with E-state index in [1.54, 1.807) is 0 Å². The zero-order valence-electron chi connectivity index (χ0n) is 13.1. The van der Waals surface area contributed by atoms with Crippen molar-refractivity contribution < 1.29 is 0 Å². The lowest BCUT2D eigenvalue weighted by Gasteiger charge is -2.14. The first-order valence-corrected chi connectivity index (χ1v) is 7.65. The number of unbranched alkanes of at least 4 members (excludes halogenated alkanes) is 3. The quantitative estimate of drug-likeness (QED) is 0.533. The van der Waals surface area contributed by atoms with Gasteiger partial charge in [0.1, 0.15) is 0 Å². The van der Waals surface area contributed by atoms with Gasteiger partial charge in [0.25, 0.3) is 0 Å². The molecule has 1 rings (SSSR count). The van der Waals surface area contributed by atoms with Crippen molar-refractivity contribution in [3.8, 4) is 0 Å². The molecule has 104 valence electrons. The highest BCUT2D eigenvalue weighted by Crippen LogP contribution is 2.15. The second kappa shape index (κ2) is 11.3. The van der Waals surface area contributed by atoms with Crippen LogP contribution >= 0.6 is 0 Å². The first-order chi connectivity index (χ1) is 8.61. The summed E-state index contributed by atoms with van der Waals surface area (Å²) in [4.78, 5) is 0. The Hall–Kier alpha value is -0.780. The van der Waals surface area contributed by atoms with Crippen LogP contribution in [0.1, 0.15) is 65.9 Å². The monoisotopic (exact) mass is 248 g/mol. The fraction of sp³-hybridized carbons (Fsp3) is 0.667. The summed E-state index contributed by atoms with van der Waals surface area (Å²) in [6.07, 6.45) is 6.74. The van der Waals surface area contributed by atoms with Gasteiger partial charge in [0.15, 0.2) is 0 Å². The van der Waals surface area contributed by atoms with Gasteiger partial charge in [0.05, 0.1) is 0 Å². The minimum absolute atomic E-state index is 0.783. The molecule has 0 bridgehead atoms. The zero-order valence-corrected chi connectivity index (χ0v) is 13.1. The Labute approximate surface area is 115 Å². The molecule has 0 fully saturated rings. The van der Waals surface area contributed by atoms with E-state index in [1.807, 2.05) is 0 Å². The molecule has 0 saturated heterocycles. The predicted octanol–water partition coefficient (Wildman–Crippen LogP) is 6.11. The number of benzene rings is 1. The summed E-state index contributed by atoms with van der Waals surface area (Å²) in [6, 6.07) is 10.7. The van der Waals surface area contributed by atoms with Gasteiger partial charge in [-0.05, 0) is 23.8 Å². The Morgan fingerprint density at radius 1 is 0.833 bits per heavy atom. The van der Waals surface area contributed by atoms with E-state index in [0.29, 0.717) is 0 Å². The molecule has 0 amide bonds. The van der Waals surface area contributed by atoms with Crippen LogP contribution in [0.2, 0.25) is 0 Å². The molecule has 0 aliphatic rings. The summed E-state index contributed by atoms with van der Waals surface area (Å²) < 4.78 is 0. The van der Waals surface area contributed by atoms with Gasteiger partial charge in [-0.3, -0.25) is 0 Å². The number of rotatable bonds is 6. The third kappa shape index (κ3) is 9.27. The van der Waals surface area contributed by atoms with Gasteiger partial charge < -0.3 is 0 Å². The molecule has 18 heavy (non-hydrogen) atoms. The lowest BCUT2D eigenvalue weighted by atomic mass is 9.91. The lowest BCUT2D eigenvalue weighted by molar-refractivity contribution is 0.417. The summed E-state index contributed by atoms with van der Waals surface area (Å²) in [6.45, 7) is 11.4. The van der Waals surface area contributed by atoms with E-state index in [9.17, 15) is 0 Å². The summed E-state index contributed by atoms with van der Waals surface area (Å²) in [7, 11) is 0. The molecule has 0 nitrogen and oxygen atoms in total. The van der Waals surface area contributed by atoms with Crippen LogP contribution < -0.4 is 0 Å². The van der Waals surface area contributed by atoms with Gasteiger partial charge in [-0.2, -0.15) is 0 Å². The highest BCUT2D eigenvalue weighted by atomic mass is 14.1. The predicted molar refractivity (Wildman–Crippen MR) is 84.0 cm³/mol. The maximum atomic E-state index is 2.32. The Kier molecular flexibility index (Phi) is 10.8. The van der Waals surface area contributed by atoms with Crippen LogP contribution in [-0.2, 0) is 6.42 Å². The van der Waals surface area contributed by atoms with Crippen LogP contribution in [0.4, 0.5) is 0 Å². The first-order valence-electron chi connectivity index (χ1n) is 7.65. The Bertz CT molecular complexity index is 257. The minimum Gasteiger partial charge on any atom is -0.0654 e.